The molecule has 1 aliphatic rings. The van der Waals surface area contributed by atoms with Gasteiger partial charge in [0.2, 0.25) is 5.89 Å². The van der Waals surface area contributed by atoms with Crippen LogP contribution in [-0.4, -0.2) is 23.4 Å². The van der Waals surface area contributed by atoms with Crippen molar-refractivity contribution in [1.82, 2.24) is 10.2 Å². The molecule has 1 aliphatic heterocycles. The van der Waals surface area contributed by atoms with Crippen LogP contribution in [0.25, 0.3) is 0 Å². The van der Waals surface area contributed by atoms with Gasteiger partial charge in [-0.05, 0) is 30.7 Å². The Morgan fingerprint density at radius 2 is 2.08 bits per heavy atom. The molecule has 2 aromatic rings. The molecule has 1 aromatic heterocycles. The van der Waals surface area contributed by atoms with Crippen molar-refractivity contribution in [2.24, 2.45) is 0 Å². The fourth-order valence-electron chi connectivity index (χ4n) is 2.95. The standard InChI is InChI=1S/C19H25FN2O3/c1-12-7-8-14(19(2,3)4)17(16(12)20)24-11-15-21-22-18(25-15)13-6-5-9-23-10-13/h7-8,13H,5-6,9-11H2,1-4H3. The summed E-state index contributed by atoms with van der Waals surface area (Å²) < 4.78 is 31.5. The van der Waals surface area contributed by atoms with E-state index in [1.54, 1.807) is 13.0 Å². The van der Waals surface area contributed by atoms with E-state index >= 15 is 0 Å². The van der Waals surface area contributed by atoms with E-state index in [2.05, 4.69) is 10.2 Å². The maximum atomic E-state index is 14.6. The molecule has 25 heavy (non-hydrogen) atoms. The van der Waals surface area contributed by atoms with Crippen molar-refractivity contribution in [2.45, 2.75) is 58.5 Å². The number of benzene rings is 1. The first kappa shape index (κ1) is 17.9. The van der Waals surface area contributed by atoms with E-state index in [4.69, 9.17) is 13.9 Å². The van der Waals surface area contributed by atoms with E-state index in [-0.39, 0.29) is 29.5 Å². The minimum atomic E-state index is -0.340. The molecule has 1 aromatic carbocycles. The zero-order valence-corrected chi connectivity index (χ0v) is 15.3. The van der Waals surface area contributed by atoms with Gasteiger partial charge >= 0.3 is 0 Å². The minimum absolute atomic E-state index is 0.0457. The van der Waals surface area contributed by atoms with Crippen molar-refractivity contribution in [3.8, 4) is 5.75 Å². The van der Waals surface area contributed by atoms with Crippen LogP contribution >= 0.6 is 0 Å². The molecule has 0 N–H and O–H groups in total. The van der Waals surface area contributed by atoms with Crippen LogP contribution in [0.4, 0.5) is 4.39 Å². The van der Waals surface area contributed by atoms with E-state index in [1.807, 2.05) is 26.8 Å². The number of aromatic nitrogens is 2. The quantitative estimate of drug-likeness (QED) is 0.825. The van der Waals surface area contributed by atoms with Crippen molar-refractivity contribution >= 4 is 0 Å². The zero-order valence-electron chi connectivity index (χ0n) is 15.3. The molecule has 2 heterocycles. The van der Waals surface area contributed by atoms with Crippen LogP contribution in [0.5, 0.6) is 5.75 Å². The SMILES string of the molecule is Cc1ccc(C(C)(C)C)c(OCc2nnc(C3CCCOC3)o2)c1F. The lowest BCUT2D eigenvalue weighted by molar-refractivity contribution is 0.0716. The van der Waals surface area contributed by atoms with Gasteiger partial charge < -0.3 is 13.9 Å². The summed E-state index contributed by atoms with van der Waals surface area (Å²) >= 11 is 0. The number of halogens is 1. The van der Waals surface area contributed by atoms with Gasteiger partial charge in [-0.2, -0.15) is 0 Å². The molecule has 1 fully saturated rings. The third-order valence-corrected chi connectivity index (χ3v) is 4.43. The lowest BCUT2D eigenvalue weighted by Gasteiger charge is -2.23. The Balaban J connectivity index is 1.76. The maximum absolute atomic E-state index is 14.6. The van der Waals surface area contributed by atoms with Gasteiger partial charge in [-0.3, -0.25) is 0 Å². The van der Waals surface area contributed by atoms with E-state index in [0.29, 0.717) is 24.0 Å². The fraction of sp³-hybridized carbons (Fsp3) is 0.579. The molecular formula is C19H25FN2O3. The van der Waals surface area contributed by atoms with Gasteiger partial charge in [-0.1, -0.05) is 32.9 Å². The Labute approximate surface area is 147 Å². The second-order valence-corrected chi connectivity index (χ2v) is 7.56. The minimum Gasteiger partial charge on any atom is -0.480 e. The number of rotatable bonds is 4. The summed E-state index contributed by atoms with van der Waals surface area (Å²) in [6.45, 7) is 9.23. The summed E-state index contributed by atoms with van der Waals surface area (Å²) in [6.07, 6.45) is 1.96. The predicted molar refractivity (Wildman–Crippen MR) is 91.3 cm³/mol. The van der Waals surface area contributed by atoms with Crippen LogP contribution in [0.1, 0.15) is 62.4 Å². The maximum Gasteiger partial charge on any atom is 0.253 e. The van der Waals surface area contributed by atoms with E-state index in [0.717, 1.165) is 25.0 Å². The summed E-state index contributed by atoms with van der Waals surface area (Å²) in [5.41, 5.74) is 1.13. The number of hydrogen-bond donors (Lipinski definition) is 0. The molecule has 0 amide bonds. The highest BCUT2D eigenvalue weighted by atomic mass is 19.1. The Morgan fingerprint density at radius 3 is 2.76 bits per heavy atom. The molecular weight excluding hydrogens is 323 g/mol. The van der Waals surface area contributed by atoms with Gasteiger partial charge in [0.25, 0.3) is 5.89 Å². The smallest absolute Gasteiger partial charge is 0.253 e. The Hall–Kier alpha value is -1.95. The Bertz CT molecular complexity index is 731. The van der Waals surface area contributed by atoms with Crippen molar-refractivity contribution in [2.75, 3.05) is 13.2 Å². The highest BCUT2D eigenvalue weighted by molar-refractivity contribution is 5.42. The molecule has 0 bridgehead atoms. The highest BCUT2D eigenvalue weighted by Crippen LogP contribution is 2.35. The Kier molecular flexibility index (Phi) is 5.08. The molecule has 136 valence electrons. The lowest BCUT2D eigenvalue weighted by atomic mass is 9.85. The second-order valence-electron chi connectivity index (χ2n) is 7.56. The van der Waals surface area contributed by atoms with Crippen molar-refractivity contribution in [3.63, 3.8) is 0 Å². The van der Waals surface area contributed by atoms with Crippen molar-refractivity contribution in [1.29, 1.82) is 0 Å². The van der Waals surface area contributed by atoms with E-state index in [9.17, 15) is 4.39 Å². The molecule has 5 nitrogen and oxygen atoms in total. The third kappa shape index (κ3) is 4.00. The van der Waals surface area contributed by atoms with Crippen molar-refractivity contribution in [3.05, 3.63) is 40.9 Å². The van der Waals surface area contributed by atoms with E-state index in [1.165, 1.54) is 0 Å². The van der Waals surface area contributed by atoms with Crippen LogP contribution < -0.4 is 4.74 Å². The second kappa shape index (κ2) is 7.12. The predicted octanol–water partition coefficient (Wildman–Crippen LogP) is 4.29. The first-order valence-electron chi connectivity index (χ1n) is 8.68. The summed E-state index contributed by atoms with van der Waals surface area (Å²) in [5.74, 6) is 0.970. The number of hydrogen-bond acceptors (Lipinski definition) is 5. The van der Waals surface area contributed by atoms with Gasteiger partial charge in [0.1, 0.15) is 0 Å². The molecule has 1 atom stereocenters. The van der Waals surface area contributed by atoms with Gasteiger partial charge in [-0.15, -0.1) is 10.2 Å². The Morgan fingerprint density at radius 1 is 1.28 bits per heavy atom. The van der Waals surface area contributed by atoms with Crippen LogP contribution in [-0.2, 0) is 16.8 Å². The normalized spacial score (nSPS) is 18.4. The first-order valence-corrected chi connectivity index (χ1v) is 8.68. The molecule has 3 rings (SSSR count). The first-order chi connectivity index (χ1) is 11.9. The third-order valence-electron chi connectivity index (χ3n) is 4.43. The van der Waals surface area contributed by atoms with Gasteiger partial charge in [0.05, 0.1) is 12.5 Å². The van der Waals surface area contributed by atoms with Crippen LogP contribution in [0.2, 0.25) is 0 Å². The largest absolute Gasteiger partial charge is 0.480 e. The molecule has 0 aliphatic carbocycles. The zero-order chi connectivity index (χ0) is 18.0. The van der Waals surface area contributed by atoms with Gasteiger partial charge in [0.15, 0.2) is 18.2 Å². The lowest BCUT2D eigenvalue weighted by Crippen LogP contribution is -2.15. The average molecular weight is 348 g/mol. The van der Waals surface area contributed by atoms with Crippen LogP contribution in [0.15, 0.2) is 16.5 Å². The molecule has 0 spiro atoms. The summed E-state index contributed by atoms with van der Waals surface area (Å²) in [6, 6.07) is 3.68. The molecule has 0 radical (unpaired) electrons. The molecule has 1 saturated heterocycles. The van der Waals surface area contributed by atoms with Crippen molar-refractivity contribution < 1.29 is 18.3 Å². The molecule has 1 unspecified atom stereocenters. The topological polar surface area (TPSA) is 57.4 Å². The molecule has 0 saturated carbocycles. The summed E-state index contributed by atoms with van der Waals surface area (Å²) in [7, 11) is 0. The summed E-state index contributed by atoms with van der Waals surface area (Å²) in [4.78, 5) is 0. The van der Waals surface area contributed by atoms with Gasteiger partial charge in [0, 0.05) is 12.2 Å². The highest BCUT2D eigenvalue weighted by Gasteiger charge is 2.25. The fourth-order valence-corrected chi connectivity index (χ4v) is 2.95. The number of aryl methyl sites for hydroxylation is 1. The van der Waals surface area contributed by atoms with Crippen LogP contribution in [0.3, 0.4) is 0 Å². The molecule has 6 heteroatoms. The summed E-state index contributed by atoms with van der Waals surface area (Å²) in [5, 5.41) is 8.12. The number of ether oxygens (including phenoxy) is 2. The monoisotopic (exact) mass is 348 g/mol. The van der Waals surface area contributed by atoms with Crippen LogP contribution in [0, 0.1) is 12.7 Å². The number of nitrogens with zero attached hydrogens (tertiary/aromatic N) is 2. The average Bonchev–Trinajstić information content (AvgIpc) is 3.05. The van der Waals surface area contributed by atoms with Gasteiger partial charge in [-0.25, -0.2) is 4.39 Å². The van der Waals surface area contributed by atoms with E-state index < -0.39 is 0 Å².